The summed E-state index contributed by atoms with van der Waals surface area (Å²) in [6, 6.07) is 3.92. The molecule has 0 spiro atoms. The van der Waals surface area contributed by atoms with Crippen LogP contribution >= 0.6 is 0 Å². The second-order valence-corrected chi connectivity index (χ2v) is 5.33. The standard InChI is InChI=1S/C11H14N2O5S/c1-7(14)6-13-8-3-4-9(11(15)18-2)10(5-8)19(12,16)17/h3-5,13H,6H2,1-2H3,(H2,12,16,17). The monoisotopic (exact) mass is 286 g/mol. The van der Waals surface area contributed by atoms with Gasteiger partial charge in [0.05, 0.1) is 24.1 Å². The van der Waals surface area contributed by atoms with Crippen molar-refractivity contribution < 1.29 is 22.7 Å². The van der Waals surface area contributed by atoms with Crippen molar-refractivity contribution in [2.24, 2.45) is 5.14 Å². The van der Waals surface area contributed by atoms with Crippen LogP contribution in [0.4, 0.5) is 5.69 Å². The zero-order valence-corrected chi connectivity index (χ0v) is 11.3. The predicted molar refractivity (Wildman–Crippen MR) is 68.3 cm³/mol. The molecule has 1 aromatic rings. The molecule has 19 heavy (non-hydrogen) atoms. The number of ketones is 1. The zero-order chi connectivity index (χ0) is 14.6. The minimum atomic E-state index is -4.08. The highest BCUT2D eigenvalue weighted by Crippen LogP contribution is 2.20. The number of methoxy groups -OCH3 is 1. The van der Waals surface area contributed by atoms with Gasteiger partial charge in [-0.05, 0) is 25.1 Å². The molecule has 0 amide bonds. The molecule has 0 aliphatic carbocycles. The van der Waals surface area contributed by atoms with E-state index in [1.165, 1.54) is 25.1 Å². The van der Waals surface area contributed by atoms with Crippen LogP contribution in [0.2, 0.25) is 0 Å². The van der Waals surface area contributed by atoms with Gasteiger partial charge in [0, 0.05) is 5.69 Å². The van der Waals surface area contributed by atoms with Gasteiger partial charge in [-0.25, -0.2) is 18.4 Å². The maximum atomic E-state index is 11.4. The molecule has 0 heterocycles. The minimum absolute atomic E-state index is 0.0433. The normalized spacial score (nSPS) is 10.9. The molecule has 0 unspecified atom stereocenters. The Bertz CT molecular complexity index is 610. The van der Waals surface area contributed by atoms with Crippen molar-refractivity contribution in [3.8, 4) is 0 Å². The number of sulfonamides is 1. The van der Waals surface area contributed by atoms with Gasteiger partial charge in [0.2, 0.25) is 10.0 Å². The van der Waals surface area contributed by atoms with Crippen LogP contribution in [0.15, 0.2) is 23.1 Å². The molecule has 0 aliphatic rings. The molecule has 1 aromatic carbocycles. The van der Waals surface area contributed by atoms with E-state index in [4.69, 9.17) is 5.14 Å². The molecule has 0 saturated carbocycles. The molecule has 3 N–H and O–H groups in total. The number of hydrogen-bond acceptors (Lipinski definition) is 6. The van der Waals surface area contributed by atoms with Crippen molar-refractivity contribution >= 4 is 27.5 Å². The summed E-state index contributed by atoms with van der Waals surface area (Å²) in [6.07, 6.45) is 0. The zero-order valence-electron chi connectivity index (χ0n) is 10.5. The van der Waals surface area contributed by atoms with Gasteiger partial charge in [-0.3, -0.25) is 4.79 Å². The van der Waals surface area contributed by atoms with Crippen molar-refractivity contribution in [1.82, 2.24) is 0 Å². The summed E-state index contributed by atoms with van der Waals surface area (Å²) in [6.45, 7) is 1.43. The average molecular weight is 286 g/mol. The second-order valence-electron chi connectivity index (χ2n) is 3.80. The smallest absolute Gasteiger partial charge is 0.339 e. The Kier molecular flexibility index (Phi) is 4.62. The van der Waals surface area contributed by atoms with Crippen molar-refractivity contribution in [2.75, 3.05) is 19.0 Å². The fourth-order valence-corrected chi connectivity index (χ4v) is 2.12. The van der Waals surface area contributed by atoms with Crippen LogP contribution in [0.25, 0.3) is 0 Å². The largest absolute Gasteiger partial charge is 0.465 e. The molecule has 0 aliphatic heterocycles. The Balaban J connectivity index is 3.24. The number of ether oxygens (including phenoxy) is 1. The lowest BCUT2D eigenvalue weighted by Gasteiger charge is -2.09. The van der Waals surface area contributed by atoms with E-state index in [2.05, 4.69) is 10.1 Å². The van der Waals surface area contributed by atoms with Crippen LogP contribution < -0.4 is 10.5 Å². The number of rotatable bonds is 5. The average Bonchev–Trinajstić information content (AvgIpc) is 2.34. The third-order valence-electron chi connectivity index (χ3n) is 2.23. The Morgan fingerprint density at radius 1 is 1.37 bits per heavy atom. The quantitative estimate of drug-likeness (QED) is 0.743. The van der Waals surface area contributed by atoms with Gasteiger partial charge in [-0.1, -0.05) is 0 Å². The Morgan fingerprint density at radius 2 is 2.00 bits per heavy atom. The molecule has 0 fully saturated rings. The number of primary sulfonamides is 1. The van der Waals surface area contributed by atoms with E-state index in [1.807, 2.05) is 0 Å². The highest BCUT2D eigenvalue weighted by atomic mass is 32.2. The van der Waals surface area contributed by atoms with Gasteiger partial charge in [0.25, 0.3) is 0 Å². The first-order valence-corrected chi connectivity index (χ1v) is 6.79. The fraction of sp³-hybridized carbons (Fsp3) is 0.273. The summed E-state index contributed by atoms with van der Waals surface area (Å²) in [5.41, 5.74) is 0.213. The molecular formula is C11H14N2O5S. The van der Waals surface area contributed by atoms with Crippen molar-refractivity contribution in [1.29, 1.82) is 0 Å². The number of benzene rings is 1. The first kappa shape index (κ1) is 15.1. The van der Waals surface area contributed by atoms with E-state index < -0.39 is 16.0 Å². The Morgan fingerprint density at radius 3 is 2.47 bits per heavy atom. The summed E-state index contributed by atoms with van der Waals surface area (Å²) in [7, 11) is -2.94. The molecule has 0 bridgehead atoms. The molecule has 0 radical (unpaired) electrons. The van der Waals surface area contributed by atoms with Gasteiger partial charge in [0.1, 0.15) is 5.78 Å². The first-order valence-electron chi connectivity index (χ1n) is 5.24. The molecule has 1 rings (SSSR count). The van der Waals surface area contributed by atoms with E-state index in [0.717, 1.165) is 7.11 Å². The number of carbonyl (C=O) groups is 2. The number of hydrogen-bond donors (Lipinski definition) is 2. The number of anilines is 1. The number of nitrogens with one attached hydrogen (secondary N) is 1. The molecule has 8 heteroatoms. The number of carbonyl (C=O) groups excluding carboxylic acids is 2. The lowest BCUT2D eigenvalue weighted by atomic mass is 10.2. The minimum Gasteiger partial charge on any atom is -0.465 e. The molecule has 0 atom stereocenters. The van der Waals surface area contributed by atoms with Crippen LogP contribution in [0.1, 0.15) is 17.3 Å². The van der Waals surface area contributed by atoms with Crippen molar-refractivity contribution in [3.63, 3.8) is 0 Å². The van der Waals surface area contributed by atoms with Crippen LogP contribution in [0.3, 0.4) is 0 Å². The van der Waals surface area contributed by atoms with Crippen LogP contribution in [-0.2, 0) is 19.6 Å². The predicted octanol–water partition coefficient (Wildman–Crippen LogP) is 0.122. The lowest BCUT2D eigenvalue weighted by Crippen LogP contribution is -2.18. The molecule has 104 valence electrons. The maximum Gasteiger partial charge on any atom is 0.339 e. The summed E-state index contributed by atoms with van der Waals surface area (Å²) >= 11 is 0. The molecule has 0 saturated heterocycles. The highest BCUT2D eigenvalue weighted by Gasteiger charge is 2.20. The van der Waals surface area contributed by atoms with Gasteiger partial charge in [0.15, 0.2) is 0 Å². The maximum absolute atomic E-state index is 11.4. The van der Waals surface area contributed by atoms with E-state index >= 15 is 0 Å². The van der Waals surface area contributed by atoms with Crippen molar-refractivity contribution in [2.45, 2.75) is 11.8 Å². The van der Waals surface area contributed by atoms with E-state index in [1.54, 1.807) is 0 Å². The van der Waals surface area contributed by atoms with Crippen molar-refractivity contribution in [3.05, 3.63) is 23.8 Å². The summed E-state index contributed by atoms with van der Waals surface area (Å²) in [5, 5.41) is 7.76. The van der Waals surface area contributed by atoms with Gasteiger partial charge in [-0.15, -0.1) is 0 Å². The molecule has 7 nitrogen and oxygen atoms in total. The third-order valence-corrected chi connectivity index (χ3v) is 3.19. The summed E-state index contributed by atoms with van der Waals surface area (Å²) in [5.74, 6) is -0.920. The van der Waals surface area contributed by atoms with Crippen LogP contribution in [-0.4, -0.2) is 33.8 Å². The summed E-state index contributed by atoms with van der Waals surface area (Å²) in [4.78, 5) is 21.9. The van der Waals surface area contributed by atoms with E-state index in [0.29, 0.717) is 5.69 Å². The Labute approximate surface area is 110 Å². The summed E-state index contributed by atoms with van der Waals surface area (Å²) < 4.78 is 27.4. The number of Topliss-reactive ketones (excluding diaryl/α,β-unsaturated/α-hetero) is 1. The second kappa shape index (κ2) is 5.81. The topological polar surface area (TPSA) is 116 Å². The first-order chi connectivity index (χ1) is 8.75. The van der Waals surface area contributed by atoms with Gasteiger partial charge in [-0.2, -0.15) is 0 Å². The number of esters is 1. The third kappa shape index (κ3) is 4.04. The van der Waals surface area contributed by atoms with Gasteiger partial charge < -0.3 is 10.1 Å². The van der Waals surface area contributed by atoms with E-state index in [9.17, 15) is 18.0 Å². The molecule has 0 aromatic heterocycles. The van der Waals surface area contributed by atoms with E-state index in [-0.39, 0.29) is 22.8 Å². The lowest BCUT2D eigenvalue weighted by molar-refractivity contribution is -0.115. The SMILES string of the molecule is COC(=O)c1ccc(NCC(C)=O)cc1S(N)(=O)=O. The highest BCUT2D eigenvalue weighted by molar-refractivity contribution is 7.89. The Hall–Kier alpha value is -1.93. The van der Waals surface area contributed by atoms with Crippen LogP contribution in [0, 0.1) is 0 Å². The number of nitrogens with two attached hydrogens (primary N) is 1. The molecular weight excluding hydrogens is 272 g/mol. The van der Waals surface area contributed by atoms with Gasteiger partial charge >= 0.3 is 5.97 Å². The fourth-order valence-electron chi connectivity index (χ4n) is 1.37. The van der Waals surface area contributed by atoms with Crippen LogP contribution in [0.5, 0.6) is 0 Å².